The van der Waals surface area contributed by atoms with Crippen LogP contribution in [0.2, 0.25) is 0 Å². The second-order valence-electron chi connectivity index (χ2n) is 8.07. The van der Waals surface area contributed by atoms with Crippen LogP contribution < -0.4 is 0 Å². The molecule has 0 N–H and O–H groups in total. The van der Waals surface area contributed by atoms with Gasteiger partial charge in [-0.05, 0) is 39.3 Å². The van der Waals surface area contributed by atoms with Crippen molar-refractivity contribution in [1.29, 1.82) is 0 Å². The predicted molar refractivity (Wildman–Crippen MR) is 113 cm³/mol. The third kappa shape index (κ3) is 5.24. The monoisotopic (exact) mass is 464 g/mol. The molecule has 1 aromatic heterocycles. The highest BCUT2D eigenvalue weighted by molar-refractivity contribution is 6.00. The Morgan fingerprint density at radius 3 is 2.21 bits per heavy atom. The Kier molecular flexibility index (Phi) is 7.68. The van der Waals surface area contributed by atoms with Gasteiger partial charge in [0.15, 0.2) is 0 Å². The van der Waals surface area contributed by atoms with Gasteiger partial charge in [0.2, 0.25) is 0 Å². The van der Waals surface area contributed by atoms with Crippen LogP contribution in [0.15, 0.2) is 23.9 Å². The summed E-state index contributed by atoms with van der Waals surface area (Å²) < 4.78 is 29.8. The van der Waals surface area contributed by atoms with Gasteiger partial charge in [0.25, 0.3) is 5.70 Å². The molecular formula is C22H25FN2O8. The summed E-state index contributed by atoms with van der Waals surface area (Å²) in [7, 11) is 2.30. The standard InChI is InChI=1S/C22H25FN2O8/c1-11-16(19(26)31-5)18(14-9-13(25(29)30)7-8-15(14)23)17(12(2)24-11)20(27)33-10-22(3,4)21(28)32-6/h7-9,14-15H,10H2,1-6H3. The first kappa shape index (κ1) is 25.6. The number of aromatic nitrogens is 1. The van der Waals surface area contributed by atoms with Crippen LogP contribution in [-0.2, 0) is 19.0 Å². The van der Waals surface area contributed by atoms with Crippen LogP contribution in [0.25, 0.3) is 0 Å². The third-order valence-electron chi connectivity index (χ3n) is 5.18. The summed E-state index contributed by atoms with van der Waals surface area (Å²) in [6, 6.07) is 0. The molecule has 0 amide bonds. The summed E-state index contributed by atoms with van der Waals surface area (Å²) in [4.78, 5) is 52.4. The molecule has 0 radical (unpaired) electrons. The van der Waals surface area contributed by atoms with Crippen molar-refractivity contribution in [3.63, 3.8) is 0 Å². The molecule has 2 unspecified atom stereocenters. The second-order valence-corrected chi connectivity index (χ2v) is 8.07. The SMILES string of the molecule is COC(=O)c1c(C)nc(C)c(C(=O)OCC(C)(C)C(=O)OC)c1C1C=C([N+](=O)[O-])C=CC1F. The molecule has 0 aliphatic heterocycles. The Labute approximate surface area is 189 Å². The van der Waals surface area contributed by atoms with Crippen molar-refractivity contribution >= 4 is 17.9 Å². The number of carbonyl (C=O) groups is 3. The minimum absolute atomic E-state index is 0.119. The smallest absolute Gasteiger partial charge is 0.340 e. The van der Waals surface area contributed by atoms with Gasteiger partial charge in [0.1, 0.15) is 12.8 Å². The highest BCUT2D eigenvalue weighted by Crippen LogP contribution is 2.37. The largest absolute Gasteiger partial charge is 0.469 e. The van der Waals surface area contributed by atoms with E-state index in [2.05, 4.69) is 4.98 Å². The molecule has 2 rings (SSSR count). The van der Waals surface area contributed by atoms with E-state index in [1.54, 1.807) is 0 Å². The van der Waals surface area contributed by atoms with E-state index in [1.165, 1.54) is 34.8 Å². The lowest BCUT2D eigenvalue weighted by Crippen LogP contribution is -2.33. The molecule has 1 aliphatic rings. The van der Waals surface area contributed by atoms with E-state index in [1.807, 2.05) is 0 Å². The molecule has 0 aromatic carbocycles. The van der Waals surface area contributed by atoms with Gasteiger partial charge in [-0.15, -0.1) is 0 Å². The topological polar surface area (TPSA) is 135 Å². The Balaban J connectivity index is 2.70. The Morgan fingerprint density at radius 2 is 1.70 bits per heavy atom. The fourth-order valence-electron chi connectivity index (χ4n) is 3.49. The number of hydrogen-bond acceptors (Lipinski definition) is 9. The van der Waals surface area contributed by atoms with Crippen molar-refractivity contribution in [3.05, 3.63) is 62.1 Å². The number of nitrogens with zero attached hydrogens (tertiary/aromatic N) is 2. The lowest BCUT2D eigenvalue weighted by molar-refractivity contribution is -0.419. The number of ether oxygens (including phenoxy) is 3. The lowest BCUT2D eigenvalue weighted by Gasteiger charge is -2.26. The van der Waals surface area contributed by atoms with Crippen molar-refractivity contribution in [3.8, 4) is 0 Å². The van der Waals surface area contributed by atoms with E-state index in [4.69, 9.17) is 14.2 Å². The van der Waals surface area contributed by atoms with Crippen LogP contribution in [-0.4, -0.2) is 54.8 Å². The van der Waals surface area contributed by atoms with E-state index >= 15 is 4.39 Å². The molecule has 1 heterocycles. The minimum Gasteiger partial charge on any atom is -0.469 e. The summed E-state index contributed by atoms with van der Waals surface area (Å²) in [6.45, 7) is 5.57. The fraction of sp³-hybridized carbons (Fsp3) is 0.455. The van der Waals surface area contributed by atoms with Crippen LogP contribution in [0, 0.1) is 29.4 Å². The number of halogens is 1. The molecule has 11 heteroatoms. The maximum Gasteiger partial charge on any atom is 0.340 e. The number of methoxy groups -OCH3 is 2. The molecule has 0 fully saturated rings. The molecule has 10 nitrogen and oxygen atoms in total. The van der Waals surface area contributed by atoms with Crippen molar-refractivity contribution < 1.29 is 37.9 Å². The maximum atomic E-state index is 15.0. The first-order valence-electron chi connectivity index (χ1n) is 9.89. The van der Waals surface area contributed by atoms with Gasteiger partial charge in [0.05, 0.1) is 47.1 Å². The first-order chi connectivity index (χ1) is 15.3. The molecule has 33 heavy (non-hydrogen) atoms. The normalized spacial score (nSPS) is 17.7. The number of allylic oxidation sites excluding steroid dienone is 3. The maximum absolute atomic E-state index is 15.0. The Bertz CT molecular complexity index is 1060. The predicted octanol–water partition coefficient (Wildman–Crippen LogP) is 2.99. The Hall–Kier alpha value is -3.63. The number of carbonyl (C=O) groups excluding carboxylic acids is 3. The van der Waals surface area contributed by atoms with Crippen LogP contribution in [0.5, 0.6) is 0 Å². The molecule has 0 spiro atoms. The molecule has 0 bridgehead atoms. The quantitative estimate of drug-likeness (QED) is 0.258. The van der Waals surface area contributed by atoms with Gasteiger partial charge in [-0.1, -0.05) is 0 Å². The van der Waals surface area contributed by atoms with Crippen molar-refractivity contribution in [2.45, 2.75) is 39.8 Å². The Morgan fingerprint density at radius 1 is 1.12 bits per heavy atom. The van der Waals surface area contributed by atoms with Gasteiger partial charge >= 0.3 is 17.9 Å². The highest BCUT2D eigenvalue weighted by Gasteiger charge is 2.37. The van der Waals surface area contributed by atoms with Crippen LogP contribution >= 0.6 is 0 Å². The number of hydrogen-bond donors (Lipinski definition) is 0. The van der Waals surface area contributed by atoms with Gasteiger partial charge in [-0.3, -0.25) is 19.9 Å². The van der Waals surface area contributed by atoms with E-state index in [0.29, 0.717) is 0 Å². The number of aryl methyl sites for hydroxylation is 2. The van der Waals surface area contributed by atoms with Gasteiger partial charge < -0.3 is 14.2 Å². The summed E-state index contributed by atoms with van der Waals surface area (Å²) in [5.74, 6) is -3.85. The summed E-state index contributed by atoms with van der Waals surface area (Å²) in [5, 5.41) is 11.3. The first-order valence-corrected chi connectivity index (χ1v) is 9.89. The van der Waals surface area contributed by atoms with Gasteiger partial charge in [-0.25, -0.2) is 14.0 Å². The van der Waals surface area contributed by atoms with Crippen molar-refractivity contribution in [2.75, 3.05) is 20.8 Å². The van der Waals surface area contributed by atoms with Crippen LogP contribution in [0.4, 0.5) is 4.39 Å². The highest BCUT2D eigenvalue weighted by atomic mass is 19.1. The average molecular weight is 464 g/mol. The van der Waals surface area contributed by atoms with E-state index in [-0.39, 0.29) is 34.7 Å². The molecular weight excluding hydrogens is 439 g/mol. The number of alkyl halides is 1. The second kappa shape index (κ2) is 9.88. The summed E-state index contributed by atoms with van der Waals surface area (Å²) in [5.41, 5.74) is -1.87. The van der Waals surface area contributed by atoms with Gasteiger partial charge in [-0.2, -0.15) is 0 Å². The average Bonchev–Trinajstić information content (AvgIpc) is 2.76. The number of esters is 3. The zero-order chi connectivity index (χ0) is 25.1. The minimum atomic E-state index is -1.78. The number of pyridine rings is 1. The van der Waals surface area contributed by atoms with Crippen molar-refractivity contribution in [2.24, 2.45) is 5.41 Å². The molecule has 1 aromatic rings. The zero-order valence-electron chi connectivity index (χ0n) is 19.1. The third-order valence-corrected chi connectivity index (χ3v) is 5.18. The van der Waals surface area contributed by atoms with Crippen LogP contribution in [0.1, 0.15) is 57.4 Å². The number of nitro groups is 1. The summed E-state index contributed by atoms with van der Waals surface area (Å²) >= 11 is 0. The molecule has 2 atom stereocenters. The van der Waals surface area contributed by atoms with Gasteiger partial charge in [0, 0.05) is 18.1 Å². The fourth-order valence-corrected chi connectivity index (χ4v) is 3.49. The van der Waals surface area contributed by atoms with Crippen molar-refractivity contribution in [1.82, 2.24) is 4.98 Å². The van der Waals surface area contributed by atoms with E-state index < -0.39 is 46.0 Å². The summed E-state index contributed by atoms with van der Waals surface area (Å²) in [6.07, 6.45) is 1.23. The molecule has 0 saturated heterocycles. The number of rotatable bonds is 7. The van der Waals surface area contributed by atoms with E-state index in [9.17, 15) is 24.5 Å². The van der Waals surface area contributed by atoms with Crippen LogP contribution in [0.3, 0.4) is 0 Å². The molecule has 178 valence electrons. The zero-order valence-corrected chi connectivity index (χ0v) is 19.1. The lowest BCUT2D eigenvalue weighted by atomic mass is 9.83. The molecule has 0 saturated carbocycles. The molecule has 1 aliphatic carbocycles. The van der Waals surface area contributed by atoms with E-state index in [0.717, 1.165) is 25.3 Å².